The smallest absolute Gasteiger partial charge is 0.227 e. The van der Waals surface area contributed by atoms with Gasteiger partial charge >= 0.3 is 0 Å². The molecule has 1 aliphatic carbocycles. The van der Waals surface area contributed by atoms with Gasteiger partial charge in [-0.1, -0.05) is 13.8 Å². The molecule has 1 saturated carbocycles. The Labute approximate surface area is 96.1 Å². The summed E-state index contributed by atoms with van der Waals surface area (Å²) in [6.45, 7) is 6.47. The van der Waals surface area contributed by atoms with Crippen molar-refractivity contribution < 1.29 is 0 Å². The van der Waals surface area contributed by atoms with Crippen molar-refractivity contribution >= 4 is 11.9 Å². The van der Waals surface area contributed by atoms with Crippen LogP contribution in [0.25, 0.3) is 0 Å². The van der Waals surface area contributed by atoms with Crippen LogP contribution in [0.3, 0.4) is 0 Å². The zero-order chi connectivity index (χ0) is 11.5. The summed E-state index contributed by atoms with van der Waals surface area (Å²) in [6, 6.07) is 0.925. The fraction of sp³-hybridized carbons (Fsp3) is 0.727. The van der Waals surface area contributed by atoms with Crippen LogP contribution in [0.2, 0.25) is 0 Å². The first-order valence-corrected chi connectivity index (χ1v) is 5.87. The molecule has 0 spiro atoms. The molecule has 1 aromatic heterocycles. The molecule has 0 aromatic carbocycles. The molecule has 0 bridgehead atoms. The SMILES string of the molecule is CC(C)C(C)Nc1ncnc(NC2CC2)n1. The van der Waals surface area contributed by atoms with Crippen LogP contribution in [0.15, 0.2) is 6.33 Å². The lowest BCUT2D eigenvalue weighted by Gasteiger charge is -2.17. The van der Waals surface area contributed by atoms with E-state index in [9.17, 15) is 0 Å². The summed E-state index contributed by atoms with van der Waals surface area (Å²) in [6.07, 6.45) is 3.99. The first-order valence-electron chi connectivity index (χ1n) is 5.87. The van der Waals surface area contributed by atoms with Gasteiger partial charge in [-0.25, -0.2) is 9.97 Å². The Hall–Kier alpha value is -1.39. The van der Waals surface area contributed by atoms with Gasteiger partial charge in [-0.2, -0.15) is 4.98 Å². The molecule has 1 fully saturated rings. The number of hydrogen-bond acceptors (Lipinski definition) is 5. The molecule has 16 heavy (non-hydrogen) atoms. The number of hydrogen-bond donors (Lipinski definition) is 2. The Morgan fingerprint density at radius 2 is 1.88 bits per heavy atom. The predicted octanol–water partition coefficient (Wildman–Crippen LogP) is 1.90. The van der Waals surface area contributed by atoms with Crippen molar-refractivity contribution in [1.82, 2.24) is 15.0 Å². The van der Waals surface area contributed by atoms with Crippen molar-refractivity contribution in [3.8, 4) is 0 Å². The van der Waals surface area contributed by atoms with Gasteiger partial charge in [0.15, 0.2) is 0 Å². The molecule has 5 heteroatoms. The monoisotopic (exact) mass is 221 g/mol. The second-order valence-electron chi connectivity index (χ2n) is 4.73. The highest BCUT2D eigenvalue weighted by Gasteiger charge is 2.22. The van der Waals surface area contributed by atoms with Gasteiger partial charge in [-0.15, -0.1) is 0 Å². The van der Waals surface area contributed by atoms with E-state index in [0.717, 1.165) is 0 Å². The number of rotatable bonds is 5. The number of nitrogens with one attached hydrogen (secondary N) is 2. The van der Waals surface area contributed by atoms with Gasteiger partial charge in [0.05, 0.1) is 0 Å². The van der Waals surface area contributed by atoms with Gasteiger partial charge < -0.3 is 10.6 Å². The summed E-state index contributed by atoms with van der Waals surface area (Å²) >= 11 is 0. The van der Waals surface area contributed by atoms with E-state index in [-0.39, 0.29) is 0 Å². The Bertz CT molecular complexity index is 348. The molecular weight excluding hydrogens is 202 g/mol. The maximum absolute atomic E-state index is 4.33. The van der Waals surface area contributed by atoms with Crippen molar-refractivity contribution in [1.29, 1.82) is 0 Å². The molecule has 5 nitrogen and oxygen atoms in total. The van der Waals surface area contributed by atoms with E-state index in [2.05, 4.69) is 46.4 Å². The molecule has 0 amide bonds. The lowest BCUT2D eigenvalue weighted by Crippen LogP contribution is -2.23. The summed E-state index contributed by atoms with van der Waals surface area (Å²) in [7, 11) is 0. The van der Waals surface area contributed by atoms with Crippen LogP contribution in [0, 0.1) is 5.92 Å². The van der Waals surface area contributed by atoms with Crippen LogP contribution in [0.1, 0.15) is 33.6 Å². The molecular formula is C11H19N5. The Kier molecular flexibility index (Phi) is 3.22. The number of aromatic nitrogens is 3. The van der Waals surface area contributed by atoms with Crippen molar-refractivity contribution in [3.05, 3.63) is 6.33 Å². The average molecular weight is 221 g/mol. The predicted molar refractivity (Wildman–Crippen MR) is 64.4 cm³/mol. The van der Waals surface area contributed by atoms with Crippen LogP contribution >= 0.6 is 0 Å². The van der Waals surface area contributed by atoms with Crippen LogP contribution < -0.4 is 10.6 Å². The molecule has 0 aliphatic heterocycles. The third-order valence-electron chi connectivity index (χ3n) is 2.84. The van der Waals surface area contributed by atoms with E-state index >= 15 is 0 Å². The van der Waals surface area contributed by atoms with Gasteiger partial charge in [0, 0.05) is 12.1 Å². The maximum Gasteiger partial charge on any atom is 0.227 e. The van der Waals surface area contributed by atoms with Crippen molar-refractivity contribution in [2.24, 2.45) is 5.92 Å². The minimum absolute atomic E-state index is 0.358. The van der Waals surface area contributed by atoms with E-state index in [1.807, 2.05) is 0 Å². The first kappa shape index (κ1) is 11.1. The molecule has 1 heterocycles. The second kappa shape index (κ2) is 4.63. The summed E-state index contributed by atoms with van der Waals surface area (Å²) in [5, 5.41) is 6.53. The Morgan fingerprint density at radius 3 is 2.50 bits per heavy atom. The summed E-state index contributed by atoms with van der Waals surface area (Å²) in [5.74, 6) is 1.88. The molecule has 1 aromatic rings. The molecule has 88 valence electrons. The molecule has 0 radical (unpaired) electrons. The molecule has 2 rings (SSSR count). The highest BCUT2D eigenvalue weighted by molar-refractivity contribution is 5.35. The number of anilines is 2. The lowest BCUT2D eigenvalue weighted by molar-refractivity contribution is 0.556. The fourth-order valence-corrected chi connectivity index (χ4v) is 1.22. The zero-order valence-corrected chi connectivity index (χ0v) is 10.1. The van der Waals surface area contributed by atoms with Gasteiger partial charge in [0.25, 0.3) is 0 Å². The molecule has 1 unspecified atom stereocenters. The van der Waals surface area contributed by atoms with E-state index < -0.39 is 0 Å². The van der Waals surface area contributed by atoms with E-state index in [4.69, 9.17) is 0 Å². The average Bonchev–Trinajstić information content (AvgIpc) is 3.02. The highest BCUT2D eigenvalue weighted by Crippen LogP contribution is 2.22. The highest BCUT2D eigenvalue weighted by atomic mass is 15.2. The van der Waals surface area contributed by atoms with Crippen molar-refractivity contribution in [2.45, 2.75) is 45.7 Å². The van der Waals surface area contributed by atoms with Crippen LogP contribution in [-0.2, 0) is 0 Å². The normalized spacial score (nSPS) is 17.2. The standard InChI is InChI=1S/C11H19N5/c1-7(2)8(3)14-10-12-6-13-11(16-10)15-9-4-5-9/h6-9H,4-5H2,1-3H3,(H2,12,13,14,15,16). The van der Waals surface area contributed by atoms with Gasteiger partial charge in [-0.3, -0.25) is 0 Å². The summed E-state index contributed by atoms with van der Waals surface area (Å²) < 4.78 is 0. The van der Waals surface area contributed by atoms with E-state index in [1.165, 1.54) is 12.8 Å². The summed E-state index contributed by atoms with van der Waals surface area (Å²) in [4.78, 5) is 12.5. The third-order valence-corrected chi connectivity index (χ3v) is 2.84. The van der Waals surface area contributed by atoms with E-state index in [0.29, 0.717) is 29.9 Å². The fourth-order valence-electron chi connectivity index (χ4n) is 1.22. The van der Waals surface area contributed by atoms with E-state index in [1.54, 1.807) is 6.33 Å². The Balaban J connectivity index is 1.97. The van der Waals surface area contributed by atoms with Crippen LogP contribution in [0.4, 0.5) is 11.9 Å². The maximum atomic E-state index is 4.33. The van der Waals surface area contributed by atoms with Crippen LogP contribution in [0.5, 0.6) is 0 Å². The minimum Gasteiger partial charge on any atom is -0.351 e. The molecule has 1 aliphatic rings. The van der Waals surface area contributed by atoms with Crippen LogP contribution in [-0.4, -0.2) is 27.0 Å². The lowest BCUT2D eigenvalue weighted by atomic mass is 10.1. The van der Waals surface area contributed by atoms with Crippen molar-refractivity contribution in [2.75, 3.05) is 10.6 Å². The number of nitrogens with zero attached hydrogens (tertiary/aromatic N) is 3. The Morgan fingerprint density at radius 1 is 1.19 bits per heavy atom. The third kappa shape index (κ3) is 3.05. The minimum atomic E-state index is 0.358. The molecule has 0 saturated heterocycles. The quantitative estimate of drug-likeness (QED) is 0.795. The zero-order valence-electron chi connectivity index (χ0n) is 10.1. The molecule has 2 N–H and O–H groups in total. The topological polar surface area (TPSA) is 62.7 Å². The van der Waals surface area contributed by atoms with Gasteiger partial charge in [0.2, 0.25) is 11.9 Å². The first-order chi connectivity index (χ1) is 7.65. The largest absolute Gasteiger partial charge is 0.351 e. The van der Waals surface area contributed by atoms with Gasteiger partial charge in [-0.05, 0) is 25.7 Å². The van der Waals surface area contributed by atoms with Gasteiger partial charge in [0.1, 0.15) is 6.33 Å². The summed E-state index contributed by atoms with van der Waals surface area (Å²) in [5.41, 5.74) is 0. The molecule has 1 atom stereocenters. The van der Waals surface area contributed by atoms with Crippen molar-refractivity contribution in [3.63, 3.8) is 0 Å². The second-order valence-corrected chi connectivity index (χ2v) is 4.73.